The predicted octanol–water partition coefficient (Wildman–Crippen LogP) is 11.1. The highest BCUT2D eigenvalue weighted by atomic mass is 35.5. The van der Waals surface area contributed by atoms with E-state index in [4.69, 9.17) is 42.6 Å². The fraction of sp³-hybridized carbons (Fsp3) is 0.435. The molecule has 6 N–H and O–H groups in total. The van der Waals surface area contributed by atoms with E-state index in [0.29, 0.717) is 22.1 Å². The number of nitrogens with zero attached hydrogens (tertiary/aromatic N) is 4. The van der Waals surface area contributed by atoms with Gasteiger partial charge in [0.2, 0.25) is 0 Å². The number of hydrogen-bond acceptors (Lipinski definition) is 8. The van der Waals surface area contributed by atoms with Crippen LogP contribution in [0, 0.1) is 0 Å². The molecule has 0 aliphatic carbocycles. The van der Waals surface area contributed by atoms with E-state index < -0.39 is 0 Å². The highest BCUT2D eigenvalue weighted by molar-refractivity contribution is 6.32. The lowest BCUT2D eigenvalue weighted by molar-refractivity contribution is 0.295. The first kappa shape index (κ1) is 54.4. The van der Waals surface area contributed by atoms with Crippen molar-refractivity contribution in [2.24, 2.45) is 0 Å². The van der Waals surface area contributed by atoms with E-state index in [9.17, 15) is 0 Å². The Balaban J connectivity index is 0.000000562. The van der Waals surface area contributed by atoms with Gasteiger partial charge in [-0.15, -0.1) is 24.8 Å². The van der Waals surface area contributed by atoms with Crippen LogP contribution >= 0.6 is 48.0 Å². The number of fused-ring (bicyclic) bond motifs is 4. The third-order valence-electron chi connectivity index (χ3n) is 10.7. The van der Waals surface area contributed by atoms with Crippen molar-refractivity contribution in [2.45, 2.75) is 79.3 Å². The quantitative estimate of drug-likeness (QED) is 0.0813. The van der Waals surface area contributed by atoms with Crippen LogP contribution < -0.4 is 20.1 Å². The molecule has 6 rings (SSSR count). The van der Waals surface area contributed by atoms with Gasteiger partial charge in [0.25, 0.3) is 0 Å². The fourth-order valence-electron chi connectivity index (χ4n) is 7.32. The first-order chi connectivity index (χ1) is 27.1. The molecule has 6 aromatic rings. The van der Waals surface area contributed by atoms with E-state index in [1.807, 2.05) is 48.5 Å². The number of methoxy groups -OCH3 is 2. The second-order valence-electron chi connectivity index (χ2n) is 14.5. The van der Waals surface area contributed by atoms with Crippen LogP contribution in [0.1, 0.15) is 67.2 Å². The molecule has 10 nitrogen and oxygen atoms in total. The number of anilines is 2. The van der Waals surface area contributed by atoms with E-state index in [-0.39, 0.29) is 35.8 Å². The van der Waals surface area contributed by atoms with Gasteiger partial charge in [-0.1, -0.05) is 50.9 Å². The Morgan fingerprint density at radius 2 is 0.900 bits per heavy atom. The van der Waals surface area contributed by atoms with Crippen LogP contribution in [0.5, 0.6) is 11.5 Å². The van der Waals surface area contributed by atoms with E-state index >= 15 is 0 Å². The molecule has 2 heterocycles. The average molecular weight is 909 g/mol. The maximum absolute atomic E-state index is 6.22. The van der Waals surface area contributed by atoms with Crippen LogP contribution in [0.2, 0.25) is 10.0 Å². The molecular weight excluding hydrogens is 842 g/mol. The third kappa shape index (κ3) is 14.2. The minimum Gasteiger partial charge on any atom is -0.497 e. The molecule has 2 unspecified atom stereocenters. The molecule has 4 aromatic carbocycles. The summed E-state index contributed by atoms with van der Waals surface area (Å²) < 4.78 is 10.9. The number of hydrogen-bond donors (Lipinski definition) is 2. The normalized spacial score (nSPS) is 11.8. The number of aromatic nitrogens is 2. The Bertz CT molecular complexity index is 2050. The fourth-order valence-corrected chi connectivity index (χ4v) is 7.65. The van der Waals surface area contributed by atoms with Gasteiger partial charge in [0.05, 0.1) is 47.7 Å². The summed E-state index contributed by atoms with van der Waals surface area (Å²) in [6, 6.07) is 24.5. The predicted molar refractivity (Wildman–Crippen MR) is 264 cm³/mol. The number of benzene rings is 4. The first-order valence-corrected chi connectivity index (χ1v) is 21.0. The topological polar surface area (TPSA) is 138 Å². The molecular formula is C46H66Cl4N6O4. The van der Waals surface area contributed by atoms with Crippen molar-refractivity contribution < 1.29 is 20.4 Å². The van der Waals surface area contributed by atoms with Gasteiger partial charge < -0.3 is 40.9 Å². The highest BCUT2D eigenvalue weighted by Gasteiger charge is 2.15. The summed E-state index contributed by atoms with van der Waals surface area (Å²) in [5.41, 5.74) is 5.89. The van der Waals surface area contributed by atoms with Crippen LogP contribution in [0.25, 0.3) is 43.6 Å². The van der Waals surface area contributed by atoms with Crippen molar-refractivity contribution in [2.75, 3.05) is 64.1 Å². The number of halogens is 4. The van der Waals surface area contributed by atoms with Crippen molar-refractivity contribution >= 4 is 103 Å². The van der Waals surface area contributed by atoms with Crippen molar-refractivity contribution in [3.63, 3.8) is 0 Å². The highest BCUT2D eigenvalue weighted by Crippen LogP contribution is 2.36. The van der Waals surface area contributed by atoms with Gasteiger partial charge in [0, 0.05) is 43.7 Å². The van der Waals surface area contributed by atoms with Crippen LogP contribution in [0.3, 0.4) is 0 Å². The molecule has 0 amide bonds. The largest absolute Gasteiger partial charge is 0.497 e. The van der Waals surface area contributed by atoms with Crippen molar-refractivity contribution in [1.82, 2.24) is 19.8 Å². The molecule has 0 radical (unpaired) electrons. The van der Waals surface area contributed by atoms with Crippen LogP contribution in [-0.2, 0) is 0 Å². The number of nitrogens with one attached hydrogen (secondary N) is 2. The molecule has 2 aromatic heterocycles. The summed E-state index contributed by atoms with van der Waals surface area (Å²) in [7, 11) is 3.39. The van der Waals surface area contributed by atoms with Crippen LogP contribution in [0.15, 0.2) is 72.8 Å². The van der Waals surface area contributed by atoms with E-state index in [1.54, 1.807) is 14.2 Å². The van der Waals surface area contributed by atoms with Gasteiger partial charge in [0.1, 0.15) is 11.5 Å². The van der Waals surface area contributed by atoms with Gasteiger partial charge in [-0.3, -0.25) is 0 Å². The Morgan fingerprint density at radius 1 is 0.533 bits per heavy atom. The molecule has 0 fully saturated rings. The lowest BCUT2D eigenvalue weighted by Crippen LogP contribution is -2.25. The van der Waals surface area contributed by atoms with Gasteiger partial charge in [-0.2, -0.15) is 0 Å². The number of pyridine rings is 2. The van der Waals surface area contributed by atoms with Gasteiger partial charge in [0.15, 0.2) is 0 Å². The Labute approximate surface area is 379 Å². The molecule has 0 aliphatic heterocycles. The average Bonchev–Trinajstić information content (AvgIpc) is 3.20. The zero-order valence-electron chi connectivity index (χ0n) is 36.3. The Morgan fingerprint density at radius 3 is 1.23 bits per heavy atom. The molecule has 0 bridgehead atoms. The van der Waals surface area contributed by atoms with Gasteiger partial charge in [-0.05, 0) is 152 Å². The minimum absolute atomic E-state index is 0. The van der Waals surface area contributed by atoms with Crippen LogP contribution in [0.4, 0.5) is 11.4 Å². The summed E-state index contributed by atoms with van der Waals surface area (Å²) in [5, 5.41) is 13.2. The lowest BCUT2D eigenvalue weighted by Gasteiger charge is -2.22. The van der Waals surface area contributed by atoms with E-state index in [2.05, 4.69) is 86.2 Å². The molecule has 332 valence electrons. The van der Waals surface area contributed by atoms with Crippen LogP contribution in [-0.4, -0.2) is 96.3 Å². The standard InChI is InChI=1S/2C23H30ClN3O.2ClH.2H2O/c2*1-5-27(6-2)13-7-8-16(3)25-23-19-11-9-17(24)14-22(19)26-21-12-10-18(28-4)15-20(21)23;;;;/h2*9-12,14-16H,5-8,13H2,1-4H3,(H,25,26);2*1H;2*1H2. The van der Waals surface area contributed by atoms with Crippen molar-refractivity contribution in [3.8, 4) is 11.5 Å². The molecule has 14 heteroatoms. The summed E-state index contributed by atoms with van der Waals surface area (Å²) in [4.78, 5) is 14.5. The second-order valence-corrected chi connectivity index (χ2v) is 15.4. The zero-order valence-corrected chi connectivity index (χ0v) is 39.5. The maximum atomic E-state index is 6.22. The van der Waals surface area contributed by atoms with E-state index in [0.717, 1.165) is 119 Å². The van der Waals surface area contributed by atoms with Gasteiger partial charge >= 0.3 is 0 Å². The Hall–Kier alpha value is -3.58. The first-order valence-electron chi connectivity index (χ1n) is 20.2. The zero-order chi connectivity index (χ0) is 40.2. The molecule has 0 aliphatic rings. The molecule has 0 spiro atoms. The lowest BCUT2D eigenvalue weighted by atomic mass is 10.1. The summed E-state index contributed by atoms with van der Waals surface area (Å²) in [5.74, 6) is 1.67. The molecule has 2 atom stereocenters. The van der Waals surface area contributed by atoms with Gasteiger partial charge in [-0.25, -0.2) is 9.97 Å². The third-order valence-corrected chi connectivity index (χ3v) is 11.1. The van der Waals surface area contributed by atoms with Crippen molar-refractivity contribution in [1.29, 1.82) is 0 Å². The smallest absolute Gasteiger partial charge is 0.119 e. The number of rotatable bonds is 18. The van der Waals surface area contributed by atoms with E-state index in [1.165, 1.54) is 12.8 Å². The molecule has 60 heavy (non-hydrogen) atoms. The number of ether oxygens (including phenoxy) is 2. The summed E-state index contributed by atoms with van der Waals surface area (Å²) in [6.07, 6.45) is 4.57. The Kier molecular flexibility index (Phi) is 24.2. The molecule has 0 saturated heterocycles. The maximum Gasteiger partial charge on any atom is 0.119 e. The second kappa shape index (κ2) is 26.7. The summed E-state index contributed by atoms with van der Waals surface area (Å²) in [6.45, 7) is 20.1. The monoisotopic (exact) mass is 906 g/mol. The van der Waals surface area contributed by atoms with Crippen molar-refractivity contribution in [3.05, 3.63) is 82.8 Å². The molecule has 0 saturated carbocycles. The minimum atomic E-state index is 0. The summed E-state index contributed by atoms with van der Waals surface area (Å²) >= 11 is 12.4. The SMILES string of the molecule is CCN(CC)CCCC(C)Nc1c2ccc(Cl)cc2nc2ccc(OC)cc12.CCN(CC)CCCC(C)Nc1c2ccc(Cl)cc2nc2ccc(OC)cc12.Cl.Cl.O.O.